The molecule has 6 nitrogen and oxygen atoms in total. The predicted molar refractivity (Wildman–Crippen MR) is 118 cm³/mol. The van der Waals surface area contributed by atoms with Crippen molar-refractivity contribution in [3.05, 3.63) is 75.8 Å². The second-order valence-electron chi connectivity index (χ2n) is 7.84. The summed E-state index contributed by atoms with van der Waals surface area (Å²) < 4.78 is 0. The fourth-order valence-electron chi connectivity index (χ4n) is 3.86. The number of H-pyrrole nitrogens is 1. The highest BCUT2D eigenvalue weighted by Crippen LogP contribution is 2.26. The van der Waals surface area contributed by atoms with Gasteiger partial charge in [0, 0.05) is 48.1 Å². The van der Waals surface area contributed by atoms with Gasteiger partial charge in [0.25, 0.3) is 5.56 Å². The summed E-state index contributed by atoms with van der Waals surface area (Å²) in [7, 11) is 0. The zero-order valence-corrected chi connectivity index (χ0v) is 17.4. The number of carbonyl (C=O) groups excluding carboxylic acids is 1. The van der Waals surface area contributed by atoms with Gasteiger partial charge in [-0.1, -0.05) is 36.8 Å². The molecule has 0 radical (unpaired) electrons. The van der Waals surface area contributed by atoms with Gasteiger partial charge in [-0.25, -0.2) is 9.97 Å². The summed E-state index contributed by atoms with van der Waals surface area (Å²) in [5.74, 6) is 1.73. The fraction of sp³-hybridized carbons (Fsp3) is 0.333. The molecule has 0 bridgehead atoms. The molecule has 1 saturated heterocycles. The van der Waals surface area contributed by atoms with Crippen molar-refractivity contribution in [3.8, 4) is 11.4 Å². The summed E-state index contributed by atoms with van der Waals surface area (Å²) in [6, 6.07) is 13.2. The summed E-state index contributed by atoms with van der Waals surface area (Å²) in [5.41, 5.74) is 3.36. The zero-order chi connectivity index (χ0) is 21.1. The number of Topliss-reactive ketones (excluding diaryl/α,β-unsaturated/α-hetero) is 1. The molecule has 0 spiro atoms. The number of piperidine rings is 1. The summed E-state index contributed by atoms with van der Waals surface area (Å²) in [6.45, 7) is 5.60. The Bertz CT molecular complexity index is 1080. The Labute approximate surface area is 176 Å². The third-order valence-electron chi connectivity index (χ3n) is 5.70. The molecule has 1 N–H and O–H groups in total. The molecule has 3 aromatic rings. The molecular weight excluding hydrogens is 376 g/mol. The minimum Gasteiger partial charge on any atom is -0.357 e. The van der Waals surface area contributed by atoms with Crippen LogP contribution in [-0.4, -0.2) is 33.8 Å². The Morgan fingerprint density at radius 2 is 1.87 bits per heavy atom. The molecule has 1 fully saturated rings. The number of hydrogen-bond acceptors (Lipinski definition) is 5. The Kier molecular flexibility index (Phi) is 5.74. The van der Waals surface area contributed by atoms with Gasteiger partial charge in [-0.05, 0) is 38.3 Å². The van der Waals surface area contributed by atoms with Crippen molar-refractivity contribution >= 4 is 11.6 Å². The number of aromatic nitrogens is 3. The van der Waals surface area contributed by atoms with Gasteiger partial charge in [-0.3, -0.25) is 9.59 Å². The first-order valence-corrected chi connectivity index (χ1v) is 10.5. The quantitative estimate of drug-likeness (QED) is 0.657. The van der Waals surface area contributed by atoms with E-state index in [4.69, 9.17) is 0 Å². The predicted octanol–water partition coefficient (Wildman–Crippen LogP) is 3.80. The number of aryl methyl sites for hydroxylation is 2. The van der Waals surface area contributed by atoms with Gasteiger partial charge in [0.05, 0.1) is 0 Å². The Morgan fingerprint density at radius 3 is 2.50 bits per heavy atom. The van der Waals surface area contributed by atoms with E-state index in [1.54, 1.807) is 6.20 Å². The lowest BCUT2D eigenvalue weighted by atomic mass is 9.88. The van der Waals surface area contributed by atoms with Gasteiger partial charge in [0.2, 0.25) is 0 Å². The standard InChI is InChI=1S/C24H26N4O2/c1-3-20-14-22(29)27-24(26-20)19-8-9-21(25-15-19)28-12-10-18(11-13-28)23(30)17-6-4-16(2)5-7-17/h4-9,14-15,18H,3,10-13H2,1-2H3,(H,26,27,29). The van der Waals surface area contributed by atoms with Crippen LogP contribution in [0.2, 0.25) is 0 Å². The van der Waals surface area contributed by atoms with E-state index in [1.807, 2.05) is 50.2 Å². The van der Waals surface area contributed by atoms with Gasteiger partial charge in [0.15, 0.2) is 5.78 Å². The van der Waals surface area contributed by atoms with Crippen LogP contribution in [0.15, 0.2) is 53.5 Å². The first-order chi connectivity index (χ1) is 14.5. The van der Waals surface area contributed by atoms with E-state index in [-0.39, 0.29) is 17.3 Å². The molecule has 0 atom stereocenters. The summed E-state index contributed by atoms with van der Waals surface area (Å²) >= 11 is 0. The lowest BCUT2D eigenvalue weighted by molar-refractivity contribution is 0.0900. The minimum atomic E-state index is -0.152. The molecule has 0 unspecified atom stereocenters. The number of nitrogens with zero attached hydrogens (tertiary/aromatic N) is 3. The van der Waals surface area contributed by atoms with E-state index in [9.17, 15) is 9.59 Å². The lowest BCUT2D eigenvalue weighted by Crippen LogP contribution is -2.36. The maximum atomic E-state index is 12.8. The number of aromatic amines is 1. The largest absolute Gasteiger partial charge is 0.357 e. The van der Waals surface area contributed by atoms with Crippen LogP contribution in [0.5, 0.6) is 0 Å². The number of hydrogen-bond donors (Lipinski definition) is 1. The van der Waals surface area contributed by atoms with E-state index >= 15 is 0 Å². The monoisotopic (exact) mass is 402 g/mol. The Balaban J connectivity index is 1.41. The van der Waals surface area contributed by atoms with Gasteiger partial charge in [-0.15, -0.1) is 0 Å². The number of pyridine rings is 1. The molecule has 2 aromatic heterocycles. The van der Waals surface area contributed by atoms with Crippen molar-refractivity contribution in [1.82, 2.24) is 15.0 Å². The van der Waals surface area contributed by atoms with E-state index in [2.05, 4.69) is 19.9 Å². The summed E-state index contributed by atoms with van der Waals surface area (Å²) in [5, 5.41) is 0. The van der Waals surface area contributed by atoms with Crippen LogP contribution >= 0.6 is 0 Å². The molecule has 0 saturated carbocycles. The maximum Gasteiger partial charge on any atom is 0.251 e. The molecule has 154 valence electrons. The van der Waals surface area contributed by atoms with Gasteiger partial charge >= 0.3 is 0 Å². The summed E-state index contributed by atoms with van der Waals surface area (Å²) in [6.07, 6.45) is 4.10. The number of carbonyl (C=O) groups is 1. The number of nitrogens with one attached hydrogen (secondary N) is 1. The van der Waals surface area contributed by atoms with Gasteiger partial charge in [-0.2, -0.15) is 0 Å². The topological polar surface area (TPSA) is 79.0 Å². The number of benzene rings is 1. The number of anilines is 1. The highest BCUT2D eigenvalue weighted by Gasteiger charge is 2.26. The van der Waals surface area contributed by atoms with Crippen LogP contribution in [0.1, 0.15) is 41.4 Å². The fourth-order valence-corrected chi connectivity index (χ4v) is 3.86. The number of ketones is 1. The smallest absolute Gasteiger partial charge is 0.251 e. The molecule has 1 aliphatic heterocycles. The van der Waals surface area contributed by atoms with Crippen molar-refractivity contribution < 1.29 is 4.79 Å². The molecule has 3 heterocycles. The first kappa shape index (κ1) is 20.0. The first-order valence-electron chi connectivity index (χ1n) is 10.5. The van der Waals surface area contributed by atoms with Crippen LogP contribution in [0, 0.1) is 12.8 Å². The summed E-state index contributed by atoms with van der Waals surface area (Å²) in [4.78, 5) is 38.6. The van der Waals surface area contributed by atoms with Gasteiger partial charge < -0.3 is 9.88 Å². The SMILES string of the molecule is CCc1cc(=O)[nH]c(-c2ccc(N3CCC(C(=O)c4ccc(C)cc4)CC3)nc2)n1. The molecule has 30 heavy (non-hydrogen) atoms. The van der Waals surface area contributed by atoms with E-state index < -0.39 is 0 Å². The van der Waals surface area contributed by atoms with Crippen LogP contribution in [-0.2, 0) is 6.42 Å². The highest BCUT2D eigenvalue weighted by atomic mass is 16.1. The van der Waals surface area contributed by atoms with Crippen LogP contribution in [0.4, 0.5) is 5.82 Å². The van der Waals surface area contributed by atoms with Crippen molar-refractivity contribution in [2.45, 2.75) is 33.1 Å². The molecule has 1 aromatic carbocycles. The van der Waals surface area contributed by atoms with Crippen LogP contribution in [0.25, 0.3) is 11.4 Å². The molecule has 1 aliphatic rings. The van der Waals surface area contributed by atoms with Crippen molar-refractivity contribution in [3.63, 3.8) is 0 Å². The number of rotatable bonds is 5. The van der Waals surface area contributed by atoms with Crippen molar-refractivity contribution in [2.24, 2.45) is 5.92 Å². The molecule has 0 amide bonds. The Hall–Kier alpha value is -3.28. The third-order valence-corrected chi connectivity index (χ3v) is 5.70. The van der Waals surface area contributed by atoms with Crippen LogP contribution in [0.3, 0.4) is 0 Å². The zero-order valence-electron chi connectivity index (χ0n) is 17.4. The van der Waals surface area contributed by atoms with Crippen molar-refractivity contribution in [1.29, 1.82) is 0 Å². The average molecular weight is 402 g/mol. The maximum absolute atomic E-state index is 12.8. The molecule has 4 rings (SSSR count). The molecule has 6 heteroatoms. The van der Waals surface area contributed by atoms with Crippen LogP contribution < -0.4 is 10.5 Å². The van der Waals surface area contributed by atoms with E-state index in [0.717, 1.165) is 54.1 Å². The average Bonchev–Trinajstić information content (AvgIpc) is 2.79. The second-order valence-corrected chi connectivity index (χ2v) is 7.84. The molecular formula is C24H26N4O2. The second kappa shape index (κ2) is 8.61. The Morgan fingerprint density at radius 1 is 1.13 bits per heavy atom. The van der Waals surface area contributed by atoms with Crippen molar-refractivity contribution in [2.75, 3.05) is 18.0 Å². The minimum absolute atomic E-state index is 0.0642. The van der Waals surface area contributed by atoms with Gasteiger partial charge in [0.1, 0.15) is 11.6 Å². The lowest BCUT2D eigenvalue weighted by Gasteiger charge is -2.32. The van der Waals surface area contributed by atoms with E-state index in [0.29, 0.717) is 12.2 Å². The third kappa shape index (κ3) is 4.32. The molecule has 0 aliphatic carbocycles. The van der Waals surface area contributed by atoms with E-state index in [1.165, 1.54) is 6.07 Å². The highest BCUT2D eigenvalue weighted by molar-refractivity contribution is 5.98. The normalized spacial score (nSPS) is 14.7.